The minimum Gasteiger partial charge on any atom is -0.506 e. The van der Waals surface area contributed by atoms with Crippen LogP contribution in [0, 0.1) is 0 Å². The van der Waals surface area contributed by atoms with Crippen LogP contribution in [0.3, 0.4) is 0 Å². The standard InChI is InChI=1S/C23H17NO4/c25-20(16-10-4-1-5-11-16)19(21(26)17-12-6-2-7-13-17)23(28)24-22(27)18-14-8-3-9-15-18/h1-15,25H,(H,24,27,28)/b20-19-. The summed E-state index contributed by atoms with van der Waals surface area (Å²) >= 11 is 0. The Morgan fingerprint density at radius 3 is 1.54 bits per heavy atom. The molecule has 0 saturated carbocycles. The number of aliphatic hydroxyl groups is 1. The van der Waals surface area contributed by atoms with Crippen LogP contribution in [0.15, 0.2) is 96.6 Å². The first-order valence-electron chi connectivity index (χ1n) is 8.57. The van der Waals surface area contributed by atoms with Gasteiger partial charge >= 0.3 is 0 Å². The fourth-order valence-electron chi connectivity index (χ4n) is 2.62. The van der Waals surface area contributed by atoms with E-state index in [1.165, 1.54) is 12.1 Å². The van der Waals surface area contributed by atoms with E-state index < -0.39 is 28.9 Å². The smallest absolute Gasteiger partial charge is 0.265 e. The Morgan fingerprint density at radius 2 is 1.04 bits per heavy atom. The minimum atomic E-state index is -0.968. The molecule has 28 heavy (non-hydrogen) atoms. The van der Waals surface area contributed by atoms with E-state index in [4.69, 9.17) is 0 Å². The van der Waals surface area contributed by atoms with Crippen molar-refractivity contribution in [2.75, 3.05) is 0 Å². The van der Waals surface area contributed by atoms with E-state index in [9.17, 15) is 19.5 Å². The lowest BCUT2D eigenvalue weighted by atomic mass is 9.98. The van der Waals surface area contributed by atoms with Gasteiger partial charge in [0.2, 0.25) is 5.78 Å². The largest absolute Gasteiger partial charge is 0.506 e. The van der Waals surface area contributed by atoms with Gasteiger partial charge in [-0.15, -0.1) is 0 Å². The van der Waals surface area contributed by atoms with Gasteiger partial charge in [0.15, 0.2) is 0 Å². The third-order valence-electron chi connectivity index (χ3n) is 4.04. The number of nitrogens with one attached hydrogen (secondary N) is 1. The number of amides is 2. The molecule has 0 heterocycles. The molecule has 0 spiro atoms. The normalized spacial score (nSPS) is 11.3. The van der Waals surface area contributed by atoms with E-state index in [0.717, 1.165) is 0 Å². The van der Waals surface area contributed by atoms with Crippen LogP contribution in [0.5, 0.6) is 0 Å². The van der Waals surface area contributed by atoms with Gasteiger partial charge in [0.05, 0.1) is 0 Å². The van der Waals surface area contributed by atoms with Crippen molar-refractivity contribution in [3.05, 3.63) is 113 Å². The van der Waals surface area contributed by atoms with E-state index in [1.54, 1.807) is 78.9 Å². The molecule has 2 amide bonds. The summed E-state index contributed by atoms with van der Waals surface area (Å²) in [5.74, 6) is -2.80. The molecule has 2 N–H and O–H groups in total. The lowest BCUT2D eigenvalue weighted by Crippen LogP contribution is -2.34. The lowest BCUT2D eigenvalue weighted by Gasteiger charge is -2.11. The van der Waals surface area contributed by atoms with Gasteiger partial charge in [0.1, 0.15) is 11.3 Å². The molecule has 0 radical (unpaired) electrons. The quantitative estimate of drug-likeness (QED) is 0.235. The van der Waals surface area contributed by atoms with Gasteiger partial charge in [-0.3, -0.25) is 19.7 Å². The lowest BCUT2D eigenvalue weighted by molar-refractivity contribution is -0.116. The monoisotopic (exact) mass is 371 g/mol. The van der Waals surface area contributed by atoms with Crippen LogP contribution in [0.2, 0.25) is 0 Å². The van der Waals surface area contributed by atoms with Crippen molar-refractivity contribution in [2.24, 2.45) is 0 Å². The van der Waals surface area contributed by atoms with Gasteiger partial charge in [-0.05, 0) is 12.1 Å². The minimum absolute atomic E-state index is 0.224. The summed E-state index contributed by atoms with van der Waals surface area (Å²) in [4.78, 5) is 38.0. The number of carbonyl (C=O) groups excluding carboxylic acids is 3. The fraction of sp³-hybridized carbons (Fsp3) is 0. The Bertz CT molecular complexity index is 1030. The van der Waals surface area contributed by atoms with E-state index in [0.29, 0.717) is 5.56 Å². The number of aliphatic hydroxyl groups excluding tert-OH is 1. The number of benzene rings is 3. The highest BCUT2D eigenvalue weighted by Crippen LogP contribution is 2.20. The molecule has 3 aromatic carbocycles. The van der Waals surface area contributed by atoms with Crippen molar-refractivity contribution < 1.29 is 19.5 Å². The molecule has 138 valence electrons. The molecule has 3 aromatic rings. The first-order chi connectivity index (χ1) is 13.6. The van der Waals surface area contributed by atoms with Crippen molar-refractivity contribution in [3.63, 3.8) is 0 Å². The average molecular weight is 371 g/mol. The maximum atomic E-state index is 12.9. The summed E-state index contributed by atoms with van der Waals surface area (Å²) in [6.45, 7) is 0. The Labute approximate surface area is 162 Å². The van der Waals surface area contributed by atoms with Crippen LogP contribution in [-0.4, -0.2) is 22.7 Å². The van der Waals surface area contributed by atoms with E-state index in [2.05, 4.69) is 5.32 Å². The number of carbonyl (C=O) groups is 3. The summed E-state index contributed by atoms with van der Waals surface area (Å²) in [6.07, 6.45) is 0. The zero-order valence-corrected chi connectivity index (χ0v) is 14.8. The Kier molecular flexibility index (Phi) is 5.77. The van der Waals surface area contributed by atoms with Crippen LogP contribution in [0.1, 0.15) is 26.3 Å². The molecule has 5 heteroatoms. The second kappa shape index (κ2) is 8.60. The predicted molar refractivity (Wildman–Crippen MR) is 106 cm³/mol. The molecule has 0 aromatic heterocycles. The highest BCUT2D eigenvalue weighted by atomic mass is 16.3. The molecular formula is C23H17NO4. The highest BCUT2D eigenvalue weighted by Gasteiger charge is 2.27. The molecule has 0 fully saturated rings. The van der Waals surface area contributed by atoms with Gasteiger partial charge in [0, 0.05) is 16.7 Å². The molecule has 0 unspecified atom stereocenters. The van der Waals surface area contributed by atoms with E-state index in [1.807, 2.05) is 0 Å². The van der Waals surface area contributed by atoms with Gasteiger partial charge in [-0.25, -0.2) is 0 Å². The van der Waals surface area contributed by atoms with Crippen LogP contribution in [0.4, 0.5) is 0 Å². The Balaban J connectivity index is 2.00. The first kappa shape index (κ1) is 18.8. The molecule has 0 aliphatic heterocycles. The summed E-state index contributed by atoms with van der Waals surface area (Å²) in [5.41, 5.74) is 0.287. The van der Waals surface area contributed by atoms with Crippen molar-refractivity contribution in [3.8, 4) is 0 Å². The third kappa shape index (κ3) is 4.22. The SMILES string of the molecule is O=C(NC(=O)c1ccccc1)/C(C(=O)c1ccccc1)=C(\O)c1ccccc1. The van der Waals surface area contributed by atoms with Gasteiger partial charge < -0.3 is 5.11 Å². The highest BCUT2D eigenvalue weighted by molar-refractivity contribution is 6.31. The van der Waals surface area contributed by atoms with Gasteiger partial charge in [-0.2, -0.15) is 0 Å². The predicted octanol–water partition coefficient (Wildman–Crippen LogP) is 3.80. The van der Waals surface area contributed by atoms with Gasteiger partial charge in [-0.1, -0.05) is 78.9 Å². The molecule has 3 rings (SSSR count). The number of ketones is 1. The van der Waals surface area contributed by atoms with Crippen LogP contribution >= 0.6 is 0 Å². The molecule has 0 atom stereocenters. The van der Waals surface area contributed by atoms with Crippen LogP contribution < -0.4 is 5.32 Å². The number of hydrogen-bond donors (Lipinski definition) is 2. The molecule has 0 aliphatic carbocycles. The Hall–Kier alpha value is -3.99. The Morgan fingerprint density at radius 1 is 0.607 bits per heavy atom. The first-order valence-corrected chi connectivity index (χ1v) is 8.57. The third-order valence-corrected chi connectivity index (χ3v) is 4.04. The fourth-order valence-corrected chi connectivity index (χ4v) is 2.62. The second-order valence-electron chi connectivity index (χ2n) is 5.93. The summed E-state index contributed by atoms with van der Waals surface area (Å²) in [6, 6.07) is 24.5. The second-order valence-corrected chi connectivity index (χ2v) is 5.93. The molecule has 5 nitrogen and oxygen atoms in total. The van der Waals surface area contributed by atoms with Crippen molar-refractivity contribution in [1.29, 1.82) is 0 Å². The van der Waals surface area contributed by atoms with Crippen LogP contribution in [-0.2, 0) is 4.79 Å². The van der Waals surface area contributed by atoms with E-state index >= 15 is 0 Å². The molecular weight excluding hydrogens is 354 g/mol. The maximum absolute atomic E-state index is 12.9. The summed E-state index contributed by atoms with van der Waals surface area (Å²) < 4.78 is 0. The summed E-state index contributed by atoms with van der Waals surface area (Å²) in [7, 11) is 0. The van der Waals surface area contributed by atoms with Gasteiger partial charge in [0.25, 0.3) is 11.8 Å². The zero-order chi connectivity index (χ0) is 19.9. The molecule has 0 aliphatic rings. The van der Waals surface area contributed by atoms with Crippen molar-refractivity contribution in [1.82, 2.24) is 5.32 Å². The summed E-state index contributed by atoms with van der Waals surface area (Å²) in [5, 5.41) is 12.8. The number of imide groups is 1. The number of Topliss-reactive ketones (excluding diaryl/α,β-unsaturated/α-hetero) is 1. The average Bonchev–Trinajstić information content (AvgIpc) is 2.75. The number of rotatable bonds is 5. The van der Waals surface area contributed by atoms with Crippen molar-refractivity contribution >= 4 is 23.4 Å². The topological polar surface area (TPSA) is 83.5 Å². The maximum Gasteiger partial charge on any atom is 0.265 e. The van der Waals surface area contributed by atoms with E-state index in [-0.39, 0.29) is 11.1 Å². The number of hydrogen-bond acceptors (Lipinski definition) is 4. The van der Waals surface area contributed by atoms with Crippen molar-refractivity contribution in [2.45, 2.75) is 0 Å². The van der Waals surface area contributed by atoms with Crippen LogP contribution in [0.25, 0.3) is 5.76 Å². The molecule has 0 saturated heterocycles. The molecule has 0 bridgehead atoms. The zero-order valence-electron chi connectivity index (χ0n) is 14.8.